The van der Waals surface area contributed by atoms with Crippen LogP contribution in [0.4, 0.5) is 10.5 Å². The number of piperidine rings is 1. The molecule has 4 aliphatic rings. The maximum absolute atomic E-state index is 13.2. The topological polar surface area (TPSA) is 149 Å². The van der Waals surface area contributed by atoms with E-state index in [1.165, 1.54) is 0 Å². The fourth-order valence-electron chi connectivity index (χ4n) is 6.17. The molecule has 2 atom stereocenters. The zero-order valence-electron chi connectivity index (χ0n) is 25.0. The maximum Gasteiger partial charge on any atom is 0.407 e. The molecule has 0 aliphatic carbocycles. The number of piperazine rings is 1. The number of alkyl carbamates (subject to hydrolysis) is 1. The number of nitrogens with one attached hydrogen (secondary N) is 2. The molecule has 43 heavy (non-hydrogen) atoms. The van der Waals surface area contributed by atoms with Crippen molar-refractivity contribution in [2.45, 2.75) is 77.1 Å². The van der Waals surface area contributed by atoms with E-state index in [2.05, 4.69) is 15.5 Å². The number of fused-ring (bicyclic) bond motifs is 1. The second-order valence-corrected chi connectivity index (χ2v) is 12.5. The Bertz CT molecular complexity index is 1320. The Labute approximate surface area is 250 Å². The van der Waals surface area contributed by atoms with Crippen LogP contribution in [0.3, 0.4) is 0 Å². The van der Waals surface area contributed by atoms with Crippen LogP contribution in [-0.4, -0.2) is 107 Å². The first-order chi connectivity index (χ1) is 20.4. The number of ether oxygens (including phenoxy) is 1. The van der Waals surface area contributed by atoms with Crippen molar-refractivity contribution in [1.82, 2.24) is 25.3 Å². The number of amides is 6. The van der Waals surface area contributed by atoms with E-state index in [9.17, 15) is 28.8 Å². The molecule has 0 spiro atoms. The molecular weight excluding hydrogens is 556 g/mol. The standard InChI is InChI=1S/C30H40N6O7/c1-30(2,3)43-29(42)31-19-11-12-35(17-19)26(39)10-9-25(38)34-15-13-33(14-16-34)22-6-4-5-20-21(22)18-36(28(20)41)23-7-8-24(37)32-27(23)40/h4-6,19,23H,7-18H2,1-3H3,(H,31,42)(H,32,37,40)/t19-,23?/m0/s1. The SMILES string of the molecule is CC(C)(C)OC(=O)N[C@H]1CCN(C(=O)CCC(=O)N2CCN(c3cccc4c3CN(C3CCC(=O)NC3=O)C4=O)CC2)C1. The number of likely N-dealkylation sites (tertiary alicyclic amines) is 1. The predicted octanol–water partition coefficient (Wildman–Crippen LogP) is 1.00. The number of anilines is 1. The van der Waals surface area contributed by atoms with Gasteiger partial charge in [-0.1, -0.05) is 6.07 Å². The summed E-state index contributed by atoms with van der Waals surface area (Å²) in [6.07, 6.45) is 0.887. The van der Waals surface area contributed by atoms with Crippen LogP contribution < -0.4 is 15.5 Å². The van der Waals surface area contributed by atoms with E-state index >= 15 is 0 Å². The summed E-state index contributed by atoms with van der Waals surface area (Å²) in [4.78, 5) is 82.1. The summed E-state index contributed by atoms with van der Waals surface area (Å²) in [6, 6.07) is 4.70. The van der Waals surface area contributed by atoms with Gasteiger partial charge >= 0.3 is 6.09 Å². The lowest BCUT2D eigenvalue weighted by atomic mass is 10.0. The van der Waals surface area contributed by atoms with Crippen LogP contribution in [0, 0.1) is 0 Å². The second-order valence-electron chi connectivity index (χ2n) is 12.5. The Hall–Kier alpha value is -4.16. The predicted molar refractivity (Wildman–Crippen MR) is 155 cm³/mol. The Morgan fingerprint density at radius 3 is 2.33 bits per heavy atom. The van der Waals surface area contributed by atoms with Crippen LogP contribution in [-0.2, 0) is 30.5 Å². The fourth-order valence-corrected chi connectivity index (χ4v) is 6.17. The van der Waals surface area contributed by atoms with Crippen molar-refractivity contribution >= 4 is 41.3 Å². The van der Waals surface area contributed by atoms with Gasteiger partial charge in [0.25, 0.3) is 5.91 Å². The van der Waals surface area contributed by atoms with Gasteiger partial charge in [0.05, 0.1) is 6.04 Å². The molecule has 3 saturated heterocycles. The highest BCUT2D eigenvalue weighted by Crippen LogP contribution is 2.34. The monoisotopic (exact) mass is 596 g/mol. The molecule has 1 aromatic rings. The first kappa shape index (κ1) is 30.3. The van der Waals surface area contributed by atoms with E-state index < -0.39 is 23.6 Å². The Morgan fingerprint density at radius 2 is 1.65 bits per heavy atom. The summed E-state index contributed by atoms with van der Waals surface area (Å²) in [5.74, 6) is -1.15. The molecule has 4 aliphatic heterocycles. The van der Waals surface area contributed by atoms with E-state index in [0.29, 0.717) is 64.2 Å². The van der Waals surface area contributed by atoms with E-state index in [-0.39, 0.29) is 48.9 Å². The van der Waals surface area contributed by atoms with Crippen molar-refractivity contribution < 1.29 is 33.5 Å². The van der Waals surface area contributed by atoms with Crippen LogP contribution >= 0.6 is 0 Å². The number of hydrogen-bond donors (Lipinski definition) is 2. The number of nitrogens with zero attached hydrogens (tertiary/aromatic N) is 4. The number of hydrogen-bond acceptors (Lipinski definition) is 8. The first-order valence-corrected chi connectivity index (χ1v) is 15.0. The lowest BCUT2D eigenvalue weighted by molar-refractivity contribution is -0.137. The minimum atomic E-state index is -0.671. The molecule has 1 aromatic carbocycles. The zero-order valence-corrected chi connectivity index (χ0v) is 25.0. The molecule has 4 heterocycles. The van der Waals surface area contributed by atoms with Crippen LogP contribution in [0.15, 0.2) is 18.2 Å². The van der Waals surface area contributed by atoms with Crippen molar-refractivity contribution in [2.24, 2.45) is 0 Å². The molecule has 13 nitrogen and oxygen atoms in total. The highest BCUT2D eigenvalue weighted by molar-refractivity contribution is 6.06. The van der Waals surface area contributed by atoms with Crippen molar-refractivity contribution in [3.05, 3.63) is 29.3 Å². The molecule has 6 amide bonds. The molecule has 0 saturated carbocycles. The highest BCUT2D eigenvalue weighted by atomic mass is 16.6. The van der Waals surface area contributed by atoms with Gasteiger partial charge < -0.3 is 29.7 Å². The Morgan fingerprint density at radius 1 is 0.953 bits per heavy atom. The molecule has 0 aromatic heterocycles. The van der Waals surface area contributed by atoms with Crippen LogP contribution in [0.5, 0.6) is 0 Å². The summed E-state index contributed by atoms with van der Waals surface area (Å²) in [7, 11) is 0. The number of imide groups is 1. The van der Waals surface area contributed by atoms with E-state index in [4.69, 9.17) is 4.74 Å². The van der Waals surface area contributed by atoms with E-state index in [1.807, 2.05) is 12.1 Å². The van der Waals surface area contributed by atoms with Gasteiger partial charge in [-0.15, -0.1) is 0 Å². The third kappa shape index (κ3) is 6.91. The first-order valence-electron chi connectivity index (χ1n) is 15.0. The molecule has 13 heteroatoms. The molecule has 0 bridgehead atoms. The van der Waals surface area contributed by atoms with E-state index in [1.54, 1.807) is 41.5 Å². The molecule has 232 valence electrons. The molecule has 1 unspecified atom stereocenters. The van der Waals surface area contributed by atoms with Gasteiger partial charge in [-0.2, -0.15) is 0 Å². The second kappa shape index (κ2) is 12.2. The Kier molecular flexibility index (Phi) is 8.61. The molecule has 2 N–H and O–H groups in total. The summed E-state index contributed by atoms with van der Waals surface area (Å²) < 4.78 is 5.29. The fraction of sp³-hybridized carbons (Fsp3) is 0.600. The minimum Gasteiger partial charge on any atom is -0.444 e. The normalized spacial score (nSPS) is 22.4. The average Bonchev–Trinajstić information content (AvgIpc) is 3.55. The van der Waals surface area contributed by atoms with Crippen molar-refractivity contribution in [1.29, 1.82) is 0 Å². The number of carbonyl (C=O) groups is 6. The molecule has 3 fully saturated rings. The third-order valence-electron chi connectivity index (χ3n) is 8.34. The quantitative estimate of drug-likeness (QED) is 0.462. The van der Waals surface area contributed by atoms with Gasteiger partial charge in [0.1, 0.15) is 11.6 Å². The van der Waals surface area contributed by atoms with Gasteiger partial charge in [-0.3, -0.25) is 29.3 Å². The number of benzene rings is 1. The summed E-state index contributed by atoms with van der Waals surface area (Å²) in [5, 5.41) is 5.14. The smallest absolute Gasteiger partial charge is 0.407 e. The van der Waals surface area contributed by atoms with Crippen LogP contribution in [0.1, 0.15) is 68.8 Å². The van der Waals surface area contributed by atoms with Crippen molar-refractivity contribution in [3.63, 3.8) is 0 Å². The van der Waals surface area contributed by atoms with Gasteiger partial charge in [-0.05, 0) is 45.7 Å². The lowest BCUT2D eigenvalue weighted by Crippen LogP contribution is -2.52. The third-order valence-corrected chi connectivity index (χ3v) is 8.34. The lowest BCUT2D eigenvalue weighted by Gasteiger charge is -2.37. The van der Waals surface area contributed by atoms with Crippen molar-refractivity contribution in [2.75, 3.05) is 44.2 Å². The number of rotatable bonds is 6. The maximum atomic E-state index is 13.2. The minimum absolute atomic E-state index is 0.0758. The zero-order chi connectivity index (χ0) is 30.9. The van der Waals surface area contributed by atoms with Gasteiger partial charge in [0.15, 0.2) is 0 Å². The summed E-state index contributed by atoms with van der Waals surface area (Å²) in [6.45, 7) is 8.74. The summed E-state index contributed by atoms with van der Waals surface area (Å²) in [5.41, 5.74) is 1.73. The molecular formula is C30H40N6O7. The van der Waals surface area contributed by atoms with Gasteiger partial charge in [-0.25, -0.2) is 4.79 Å². The molecule has 5 rings (SSSR count). The van der Waals surface area contributed by atoms with Gasteiger partial charge in [0, 0.05) is 81.9 Å². The van der Waals surface area contributed by atoms with Crippen LogP contribution in [0.2, 0.25) is 0 Å². The summed E-state index contributed by atoms with van der Waals surface area (Å²) >= 11 is 0. The largest absolute Gasteiger partial charge is 0.444 e. The Balaban J connectivity index is 1.09. The van der Waals surface area contributed by atoms with Crippen LogP contribution in [0.25, 0.3) is 0 Å². The highest BCUT2D eigenvalue weighted by Gasteiger charge is 2.40. The van der Waals surface area contributed by atoms with E-state index in [0.717, 1.165) is 11.3 Å². The van der Waals surface area contributed by atoms with Gasteiger partial charge in [0.2, 0.25) is 23.6 Å². The number of carbonyl (C=O) groups excluding carboxylic acids is 6. The molecule has 0 radical (unpaired) electrons. The van der Waals surface area contributed by atoms with Crippen molar-refractivity contribution in [3.8, 4) is 0 Å². The average molecular weight is 597 g/mol.